The Morgan fingerprint density at radius 3 is 2.83 bits per heavy atom. The molecule has 5 heteroatoms. The molecule has 0 bridgehead atoms. The van der Waals surface area contributed by atoms with E-state index < -0.39 is 0 Å². The molecule has 2 N–H and O–H groups in total. The van der Waals surface area contributed by atoms with Gasteiger partial charge in [-0.15, -0.1) is 0 Å². The number of nitrogens with one attached hydrogen (secondary N) is 2. The standard InChI is InChI=1S/C13H22N4O/c1-5-15-11-7-6-8-12(16-11)17(4)9-10(2)13(18)14-3/h6-8,10H,5,9H2,1-4H3,(H,14,18)(H,15,16). The molecule has 1 unspecified atom stereocenters. The monoisotopic (exact) mass is 250 g/mol. The van der Waals surface area contributed by atoms with Gasteiger partial charge in [-0.05, 0) is 19.1 Å². The van der Waals surface area contributed by atoms with Crippen molar-refractivity contribution in [2.45, 2.75) is 13.8 Å². The van der Waals surface area contributed by atoms with Crippen molar-refractivity contribution < 1.29 is 4.79 Å². The zero-order valence-electron chi connectivity index (χ0n) is 11.5. The van der Waals surface area contributed by atoms with Gasteiger partial charge in [0.2, 0.25) is 5.91 Å². The molecular formula is C13H22N4O. The first-order valence-electron chi connectivity index (χ1n) is 6.22. The molecule has 0 spiro atoms. The molecule has 0 saturated heterocycles. The van der Waals surface area contributed by atoms with E-state index in [2.05, 4.69) is 15.6 Å². The lowest BCUT2D eigenvalue weighted by Gasteiger charge is -2.22. The molecule has 0 fully saturated rings. The van der Waals surface area contributed by atoms with Crippen LogP contribution in [-0.4, -0.2) is 38.1 Å². The number of hydrogen-bond donors (Lipinski definition) is 2. The van der Waals surface area contributed by atoms with E-state index in [9.17, 15) is 4.79 Å². The van der Waals surface area contributed by atoms with E-state index in [-0.39, 0.29) is 11.8 Å². The van der Waals surface area contributed by atoms with E-state index in [1.165, 1.54) is 0 Å². The lowest BCUT2D eigenvalue weighted by atomic mass is 10.1. The largest absolute Gasteiger partial charge is 0.370 e. The minimum Gasteiger partial charge on any atom is -0.370 e. The summed E-state index contributed by atoms with van der Waals surface area (Å²) in [5, 5.41) is 5.83. The summed E-state index contributed by atoms with van der Waals surface area (Å²) in [6, 6.07) is 5.84. The Labute approximate surface area is 109 Å². The molecule has 0 aromatic carbocycles. The molecule has 1 aromatic heterocycles. The second kappa shape index (κ2) is 6.83. The molecule has 0 saturated carbocycles. The van der Waals surface area contributed by atoms with E-state index in [1.54, 1.807) is 7.05 Å². The molecule has 5 nitrogen and oxygen atoms in total. The first kappa shape index (κ1) is 14.3. The third kappa shape index (κ3) is 3.91. The van der Waals surface area contributed by atoms with Crippen LogP contribution in [-0.2, 0) is 4.79 Å². The summed E-state index contributed by atoms with van der Waals surface area (Å²) < 4.78 is 0. The first-order valence-corrected chi connectivity index (χ1v) is 6.22. The maximum absolute atomic E-state index is 11.5. The predicted octanol–water partition coefficient (Wildman–Crippen LogP) is 1.33. The number of rotatable bonds is 6. The Hall–Kier alpha value is -1.78. The predicted molar refractivity (Wildman–Crippen MR) is 74.9 cm³/mol. The van der Waals surface area contributed by atoms with Gasteiger partial charge in [0.1, 0.15) is 11.6 Å². The number of amides is 1. The molecule has 18 heavy (non-hydrogen) atoms. The Balaban J connectivity index is 2.68. The molecule has 100 valence electrons. The fourth-order valence-corrected chi connectivity index (χ4v) is 1.75. The van der Waals surface area contributed by atoms with Gasteiger partial charge in [0.15, 0.2) is 0 Å². The third-order valence-corrected chi connectivity index (χ3v) is 2.73. The summed E-state index contributed by atoms with van der Waals surface area (Å²) >= 11 is 0. The van der Waals surface area contributed by atoms with Crippen molar-refractivity contribution >= 4 is 17.5 Å². The highest BCUT2D eigenvalue weighted by molar-refractivity contribution is 5.78. The van der Waals surface area contributed by atoms with Crippen LogP contribution in [0.4, 0.5) is 11.6 Å². The van der Waals surface area contributed by atoms with Gasteiger partial charge in [-0.2, -0.15) is 0 Å². The Morgan fingerprint density at radius 2 is 2.22 bits per heavy atom. The van der Waals surface area contributed by atoms with Gasteiger partial charge < -0.3 is 15.5 Å². The van der Waals surface area contributed by atoms with Crippen LogP contribution in [0.2, 0.25) is 0 Å². The fourth-order valence-electron chi connectivity index (χ4n) is 1.75. The molecule has 0 aliphatic rings. The van der Waals surface area contributed by atoms with Gasteiger partial charge >= 0.3 is 0 Å². The van der Waals surface area contributed by atoms with Crippen LogP contribution >= 0.6 is 0 Å². The number of aromatic nitrogens is 1. The number of anilines is 2. The molecule has 1 heterocycles. The van der Waals surface area contributed by atoms with Crippen molar-refractivity contribution in [2.24, 2.45) is 5.92 Å². The molecule has 1 amide bonds. The highest BCUT2D eigenvalue weighted by Crippen LogP contribution is 2.14. The van der Waals surface area contributed by atoms with Gasteiger partial charge in [0, 0.05) is 27.2 Å². The fraction of sp³-hybridized carbons (Fsp3) is 0.538. The van der Waals surface area contributed by atoms with E-state index in [4.69, 9.17) is 0 Å². The molecule has 1 rings (SSSR count). The van der Waals surface area contributed by atoms with Crippen molar-refractivity contribution in [2.75, 3.05) is 37.4 Å². The SMILES string of the molecule is CCNc1cccc(N(C)CC(C)C(=O)NC)n1. The van der Waals surface area contributed by atoms with Crippen molar-refractivity contribution in [3.05, 3.63) is 18.2 Å². The van der Waals surface area contributed by atoms with Crippen LogP contribution in [0.3, 0.4) is 0 Å². The average Bonchev–Trinajstić information content (AvgIpc) is 2.38. The highest BCUT2D eigenvalue weighted by atomic mass is 16.1. The Morgan fingerprint density at radius 1 is 1.50 bits per heavy atom. The zero-order valence-corrected chi connectivity index (χ0v) is 11.5. The molecule has 0 aliphatic carbocycles. The summed E-state index contributed by atoms with van der Waals surface area (Å²) in [5.41, 5.74) is 0. The van der Waals surface area contributed by atoms with Crippen molar-refractivity contribution in [3.8, 4) is 0 Å². The molecular weight excluding hydrogens is 228 g/mol. The summed E-state index contributed by atoms with van der Waals surface area (Å²) in [6.07, 6.45) is 0. The number of carbonyl (C=O) groups excluding carboxylic acids is 1. The summed E-state index contributed by atoms with van der Waals surface area (Å²) in [4.78, 5) is 17.9. The van der Waals surface area contributed by atoms with Crippen molar-refractivity contribution in [3.63, 3.8) is 0 Å². The van der Waals surface area contributed by atoms with Crippen LogP contribution in [0.25, 0.3) is 0 Å². The average molecular weight is 250 g/mol. The van der Waals surface area contributed by atoms with Crippen LogP contribution < -0.4 is 15.5 Å². The van der Waals surface area contributed by atoms with E-state index in [1.807, 2.05) is 44.0 Å². The van der Waals surface area contributed by atoms with Crippen LogP contribution in [0.1, 0.15) is 13.8 Å². The molecule has 1 atom stereocenters. The molecule has 1 aromatic rings. The topological polar surface area (TPSA) is 57.3 Å². The minimum absolute atomic E-state index is 0.0460. The number of hydrogen-bond acceptors (Lipinski definition) is 4. The first-order chi connectivity index (χ1) is 8.58. The van der Waals surface area contributed by atoms with Crippen LogP contribution in [0, 0.1) is 5.92 Å². The maximum atomic E-state index is 11.5. The second-order valence-corrected chi connectivity index (χ2v) is 4.31. The van der Waals surface area contributed by atoms with Gasteiger partial charge in [-0.1, -0.05) is 13.0 Å². The molecule has 0 aliphatic heterocycles. The van der Waals surface area contributed by atoms with Gasteiger partial charge in [-0.3, -0.25) is 4.79 Å². The lowest BCUT2D eigenvalue weighted by molar-refractivity contribution is -0.123. The highest BCUT2D eigenvalue weighted by Gasteiger charge is 2.14. The summed E-state index contributed by atoms with van der Waals surface area (Å²) in [6.45, 7) is 5.42. The summed E-state index contributed by atoms with van der Waals surface area (Å²) in [7, 11) is 3.60. The second-order valence-electron chi connectivity index (χ2n) is 4.31. The van der Waals surface area contributed by atoms with E-state index in [0.717, 1.165) is 18.2 Å². The third-order valence-electron chi connectivity index (χ3n) is 2.73. The van der Waals surface area contributed by atoms with Crippen molar-refractivity contribution in [1.82, 2.24) is 10.3 Å². The van der Waals surface area contributed by atoms with Crippen LogP contribution in [0.5, 0.6) is 0 Å². The maximum Gasteiger partial charge on any atom is 0.224 e. The van der Waals surface area contributed by atoms with Crippen molar-refractivity contribution in [1.29, 1.82) is 0 Å². The van der Waals surface area contributed by atoms with E-state index in [0.29, 0.717) is 6.54 Å². The van der Waals surface area contributed by atoms with Gasteiger partial charge in [-0.25, -0.2) is 4.98 Å². The Bertz CT molecular complexity index is 394. The number of pyridine rings is 1. The summed E-state index contributed by atoms with van der Waals surface area (Å²) in [5.74, 6) is 1.70. The van der Waals surface area contributed by atoms with Gasteiger partial charge in [0.25, 0.3) is 0 Å². The quantitative estimate of drug-likeness (QED) is 0.800. The van der Waals surface area contributed by atoms with Crippen LogP contribution in [0.15, 0.2) is 18.2 Å². The normalized spacial score (nSPS) is 11.8. The van der Waals surface area contributed by atoms with E-state index >= 15 is 0 Å². The Kier molecular flexibility index (Phi) is 5.42. The minimum atomic E-state index is -0.0652. The number of nitrogens with zero attached hydrogens (tertiary/aromatic N) is 2. The molecule has 0 radical (unpaired) electrons. The lowest BCUT2D eigenvalue weighted by Crippen LogP contribution is -2.34. The smallest absolute Gasteiger partial charge is 0.224 e. The van der Waals surface area contributed by atoms with Gasteiger partial charge in [0.05, 0.1) is 5.92 Å². The number of carbonyl (C=O) groups is 1. The zero-order chi connectivity index (χ0) is 13.5.